The van der Waals surface area contributed by atoms with E-state index in [-0.39, 0.29) is 22.1 Å². The molecule has 100 valence electrons. The number of H-pyrrole nitrogens is 1. The van der Waals surface area contributed by atoms with Crippen molar-refractivity contribution in [3.8, 4) is 0 Å². The molecule has 0 saturated heterocycles. The lowest BCUT2D eigenvalue weighted by atomic mass is 10.3. The van der Waals surface area contributed by atoms with Crippen LogP contribution in [-0.2, 0) is 10.0 Å². The molecule has 0 atom stereocenters. The third-order valence-corrected chi connectivity index (χ3v) is 3.62. The number of rotatable bonds is 4. The van der Waals surface area contributed by atoms with Gasteiger partial charge < -0.3 is 5.73 Å². The molecule has 1 aromatic heterocycles. The first-order valence-electron chi connectivity index (χ1n) is 5.06. The standard InChI is InChI=1S/C10H10FN5O2S/c11-6-2-1-3-7(4-6)19(17,18)16-10-8(9(12)13)5-14-15-10/h1-5H,(H3,12,13)(H2,14,15,16). The molecule has 9 heteroatoms. The van der Waals surface area contributed by atoms with Gasteiger partial charge in [0.25, 0.3) is 10.0 Å². The summed E-state index contributed by atoms with van der Waals surface area (Å²) in [6.45, 7) is 0. The van der Waals surface area contributed by atoms with Crippen molar-refractivity contribution in [3.05, 3.63) is 41.8 Å². The number of amidine groups is 1. The SMILES string of the molecule is N=C(N)c1cn[nH]c1NS(=O)(=O)c1cccc(F)c1. The van der Waals surface area contributed by atoms with Gasteiger partial charge in [-0.2, -0.15) is 5.10 Å². The summed E-state index contributed by atoms with van der Waals surface area (Å²) in [7, 11) is -3.98. The van der Waals surface area contributed by atoms with Gasteiger partial charge in [-0.3, -0.25) is 15.2 Å². The van der Waals surface area contributed by atoms with E-state index in [1.54, 1.807) is 0 Å². The Balaban J connectivity index is 2.37. The van der Waals surface area contributed by atoms with Crippen molar-refractivity contribution >= 4 is 21.7 Å². The molecule has 0 bridgehead atoms. The largest absolute Gasteiger partial charge is 0.384 e. The number of sulfonamides is 1. The number of nitrogens with zero attached hydrogens (tertiary/aromatic N) is 1. The van der Waals surface area contributed by atoms with Crippen molar-refractivity contribution in [2.24, 2.45) is 5.73 Å². The van der Waals surface area contributed by atoms with Gasteiger partial charge in [0, 0.05) is 0 Å². The van der Waals surface area contributed by atoms with Crippen LogP contribution in [0.1, 0.15) is 5.56 Å². The number of nitrogens with one attached hydrogen (secondary N) is 3. The highest BCUT2D eigenvalue weighted by molar-refractivity contribution is 7.92. The van der Waals surface area contributed by atoms with E-state index >= 15 is 0 Å². The number of hydrogen-bond acceptors (Lipinski definition) is 4. The number of nitrogens with two attached hydrogens (primary N) is 1. The van der Waals surface area contributed by atoms with Crippen molar-refractivity contribution in [1.29, 1.82) is 5.41 Å². The van der Waals surface area contributed by atoms with E-state index in [9.17, 15) is 12.8 Å². The van der Waals surface area contributed by atoms with Gasteiger partial charge in [-0.15, -0.1) is 0 Å². The van der Waals surface area contributed by atoms with Crippen LogP contribution >= 0.6 is 0 Å². The van der Waals surface area contributed by atoms with E-state index in [1.165, 1.54) is 18.3 Å². The van der Waals surface area contributed by atoms with E-state index in [0.717, 1.165) is 12.1 Å². The zero-order valence-electron chi connectivity index (χ0n) is 9.51. The summed E-state index contributed by atoms with van der Waals surface area (Å²) < 4.78 is 39.2. The fraction of sp³-hybridized carbons (Fsp3) is 0. The topological polar surface area (TPSA) is 125 Å². The summed E-state index contributed by atoms with van der Waals surface area (Å²) in [6, 6.07) is 4.54. The van der Waals surface area contributed by atoms with Crippen LogP contribution in [0.2, 0.25) is 0 Å². The highest BCUT2D eigenvalue weighted by Gasteiger charge is 2.18. The quantitative estimate of drug-likeness (QED) is 0.485. The average molecular weight is 283 g/mol. The molecule has 0 radical (unpaired) electrons. The summed E-state index contributed by atoms with van der Waals surface area (Å²) in [5, 5.41) is 13.2. The first-order valence-corrected chi connectivity index (χ1v) is 6.54. The number of nitrogen functional groups attached to an aromatic ring is 1. The highest BCUT2D eigenvalue weighted by atomic mass is 32.2. The fourth-order valence-corrected chi connectivity index (χ4v) is 2.46. The fourth-order valence-electron chi connectivity index (χ4n) is 1.40. The molecule has 0 spiro atoms. The van der Waals surface area contributed by atoms with Crippen LogP contribution in [0, 0.1) is 11.2 Å². The van der Waals surface area contributed by atoms with Gasteiger partial charge in [0.05, 0.1) is 16.7 Å². The normalized spacial score (nSPS) is 11.2. The van der Waals surface area contributed by atoms with E-state index in [0.29, 0.717) is 0 Å². The Morgan fingerprint density at radius 2 is 2.21 bits per heavy atom. The van der Waals surface area contributed by atoms with Gasteiger partial charge in [-0.05, 0) is 18.2 Å². The smallest absolute Gasteiger partial charge is 0.263 e. The Morgan fingerprint density at radius 3 is 2.84 bits per heavy atom. The third kappa shape index (κ3) is 2.71. The molecule has 0 aliphatic heterocycles. The molecule has 2 aromatic rings. The van der Waals surface area contributed by atoms with E-state index in [4.69, 9.17) is 11.1 Å². The van der Waals surface area contributed by atoms with E-state index in [1.807, 2.05) is 0 Å². The van der Waals surface area contributed by atoms with Crippen LogP contribution in [0.5, 0.6) is 0 Å². The van der Waals surface area contributed by atoms with Crippen LogP contribution in [-0.4, -0.2) is 24.5 Å². The molecule has 1 heterocycles. The summed E-state index contributed by atoms with van der Waals surface area (Å²) >= 11 is 0. The Morgan fingerprint density at radius 1 is 1.47 bits per heavy atom. The predicted octanol–water partition coefficient (Wildman–Crippen LogP) is 0.634. The predicted molar refractivity (Wildman–Crippen MR) is 66.8 cm³/mol. The minimum Gasteiger partial charge on any atom is -0.384 e. The molecule has 0 aliphatic rings. The second-order valence-electron chi connectivity index (χ2n) is 3.64. The monoisotopic (exact) mass is 283 g/mol. The average Bonchev–Trinajstić information content (AvgIpc) is 2.76. The van der Waals surface area contributed by atoms with Gasteiger partial charge in [0.1, 0.15) is 17.5 Å². The second-order valence-corrected chi connectivity index (χ2v) is 5.32. The first kappa shape index (κ1) is 13.0. The number of anilines is 1. The zero-order chi connectivity index (χ0) is 14.0. The van der Waals surface area contributed by atoms with Crippen molar-refractivity contribution in [2.75, 3.05) is 4.72 Å². The van der Waals surface area contributed by atoms with Crippen LogP contribution in [0.4, 0.5) is 10.2 Å². The molecule has 19 heavy (non-hydrogen) atoms. The number of benzene rings is 1. The Kier molecular flexibility index (Phi) is 3.21. The summed E-state index contributed by atoms with van der Waals surface area (Å²) in [5.41, 5.74) is 5.38. The summed E-state index contributed by atoms with van der Waals surface area (Å²) in [5.74, 6) is -1.05. The molecule has 0 unspecified atom stereocenters. The molecule has 1 aromatic carbocycles. The van der Waals surface area contributed by atoms with Gasteiger partial charge in [-0.25, -0.2) is 12.8 Å². The van der Waals surface area contributed by atoms with Gasteiger partial charge >= 0.3 is 0 Å². The molecule has 0 saturated carbocycles. The Bertz CT molecular complexity index is 725. The number of hydrogen-bond donors (Lipinski definition) is 4. The molecule has 0 aliphatic carbocycles. The number of halogens is 1. The first-order chi connectivity index (χ1) is 8.90. The van der Waals surface area contributed by atoms with Gasteiger partial charge in [0.2, 0.25) is 0 Å². The highest BCUT2D eigenvalue weighted by Crippen LogP contribution is 2.17. The lowest BCUT2D eigenvalue weighted by molar-refractivity contribution is 0.595. The maximum Gasteiger partial charge on any atom is 0.263 e. The minimum atomic E-state index is -3.98. The number of aromatic amines is 1. The van der Waals surface area contributed by atoms with Crippen molar-refractivity contribution in [1.82, 2.24) is 10.2 Å². The maximum atomic E-state index is 13.0. The van der Waals surface area contributed by atoms with E-state index < -0.39 is 15.8 Å². The zero-order valence-corrected chi connectivity index (χ0v) is 10.3. The molecule has 2 rings (SSSR count). The molecule has 0 amide bonds. The molecular formula is C10H10FN5O2S. The van der Waals surface area contributed by atoms with Gasteiger partial charge in [0.15, 0.2) is 0 Å². The lowest BCUT2D eigenvalue weighted by Gasteiger charge is -2.07. The van der Waals surface area contributed by atoms with Gasteiger partial charge in [-0.1, -0.05) is 6.07 Å². The molecule has 5 N–H and O–H groups in total. The summed E-state index contributed by atoms with van der Waals surface area (Å²) in [6.07, 6.45) is 1.21. The summed E-state index contributed by atoms with van der Waals surface area (Å²) in [4.78, 5) is -0.239. The third-order valence-electron chi connectivity index (χ3n) is 2.27. The Hall–Kier alpha value is -2.42. The second kappa shape index (κ2) is 4.69. The molecule has 0 fully saturated rings. The van der Waals surface area contributed by atoms with Crippen molar-refractivity contribution in [2.45, 2.75) is 4.90 Å². The number of aromatic nitrogens is 2. The van der Waals surface area contributed by atoms with Crippen LogP contribution < -0.4 is 10.5 Å². The molecular weight excluding hydrogens is 273 g/mol. The van der Waals surface area contributed by atoms with Crippen LogP contribution in [0.3, 0.4) is 0 Å². The minimum absolute atomic E-state index is 0.0447. The lowest BCUT2D eigenvalue weighted by Crippen LogP contribution is -2.18. The van der Waals surface area contributed by atoms with Crippen LogP contribution in [0.15, 0.2) is 35.4 Å². The Labute approximate surface area is 108 Å². The van der Waals surface area contributed by atoms with Crippen molar-refractivity contribution in [3.63, 3.8) is 0 Å². The van der Waals surface area contributed by atoms with E-state index in [2.05, 4.69) is 14.9 Å². The van der Waals surface area contributed by atoms with Crippen LogP contribution in [0.25, 0.3) is 0 Å². The van der Waals surface area contributed by atoms with Crippen molar-refractivity contribution < 1.29 is 12.8 Å². The molecule has 7 nitrogen and oxygen atoms in total. The maximum absolute atomic E-state index is 13.0.